The van der Waals surface area contributed by atoms with Gasteiger partial charge in [0.1, 0.15) is 0 Å². The standard InChI is InChI=1S/C13H15Cl2N3O2/c14-10-5-11(15)7-12(6-10)16-13(20)8-17-1-3-18(9-19)4-2-17/h5-7,9H,1-4,8H2,(H,16,20). The molecule has 1 saturated heterocycles. The number of nitrogens with zero attached hydrogens (tertiary/aromatic N) is 2. The van der Waals surface area contributed by atoms with E-state index in [-0.39, 0.29) is 12.5 Å². The highest BCUT2D eigenvalue weighted by Gasteiger charge is 2.17. The predicted octanol–water partition coefficient (Wildman–Crippen LogP) is 1.71. The zero-order chi connectivity index (χ0) is 14.5. The van der Waals surface area contributed by atoms with Gasteiger partial charge in [-0.3, -0.25) is 14.5 Å². The molecule has 0 saturated carbocycles. The van der Waals surface area contributed by atoms with E-state index in [2.05, 4.69) is 5.32 Å². The lowest BCUT2D eigenvalue weighted by molar-refractivity contribution is -0.120. The molecule has 20 heavy (non-hydrogen) atoms. The molecule has 2 rings (SSSR count). The maximum absolute atomic E-state index is 11.9. The Balaban J connectivity index is 1.85. The number of benzene rings is 1. The summed E-state index contributed by atoms with van der Waals surface area (Å²) in [5.74, 6) is -0.122. The van der Waals surface area contributed by atoms with E-state index >= 15 is 0 Å². The second kappa shape index (κ2) is 6.92. The van der Waals surface area contributed by atoms with Crippen LogP contribution in [0, 0.1) is 0 Å². The molecule has 5 nitrogen and oxygen atoms in total. The van der Waals surface area contributed by atoms with Gasteiger partial charge in [-0.15, -0.1) is 0 Å². The molecule has 1 aromatic rings. The highest BCUT2D eigenvalue weighted by molar-refractivity contribution is 6.35. The smallest absolute Gasteiger partial charge is 0.238 e. The number of amides is 2. The summed E-state index contributed by atoms with van der Waals surface area (Å²) in [5.41, 5.74) is 0.582. The van der Waals surface area contributed by atoms with Crippen molar-refractivity contribution in [3.8, 4) is 0 Å². The van der Waals surface area contributed by atoms with Gasteiger partial charge in [0, 0.05) is 41.9 Å². The van der Waals surface area contributed by atoms with Gasteiger partial charge in [-0.25, -0.2) is 0 Å². The van der Waals surface area contributed by atoms with E-state index in [1.54, 1.807) is 23.1 Å². The lowest BCUT2D eigenvalue weighted by Gasteiger charge is -2.31. The Hall–Kier alpha value is -1.30. The zero-order valence-electron chi connectivity index (χ0n) is 10.8. The molecule has 108 valence electrons. The van der Waals surface area contributed by atoms with E-state index in [9.17, 15) is 9.59 Å². The maximum atomic E-state index is 11.9. The normalized spacial score (nSPS) is 16.0. The Morgan fingerprint density at radius 3 is 2.30 bits per heavy atom. The van der Waals surface area contributed by atoms with Gasteiger partial charge in [-0.05, 0) is 18.2 Å². The minimum Gasteiger partial charge on any atom is -0.343 e. The van der Waals surface area contributed by atoms with Crippen molar-refractivity contribution in [1.29, 1.82) is 0 Å². The van der Waals surface area contributed by atoms with Crippen molar-refractivity contribution in [3.63, 3.8) is 0 Å². The first-order valence-electron chi connectivity index (χ1n) is 6.24. The van der Waals surface area contributed by atoms with Crippen molar-refractivity contribution in [2.45, 2.75) is 0 Å². The van der Waals surface area contributed by atoms with Crippen LogP contribution >= 0.6 is 23.2 Å². The molecule has 2 amide bonds. The van der Waals surface area contributed by atoms with Gasteiger partial charge in [0.05, 0.1) is 6.54 Å². The van der Waals surface area contributed by atoms with Crippen molar-refractivity contribution in [1.82, 2.24) is 9.80 Å². The molecule has 0 radical (unpaired) electrons. The van der Waals surface area contributed by atoms with Gasteiger partial charge >= 0.3 is 0 Å². The quantitative estimate of drug-likeness (QED) is 0.861. The molecule has 7 heteroatoms. The van der Waals surface area contributed by atoms with Crippen LogP contribution < -0.4 is 5.32 Å². The van der Waals surface area contributed by atoms with Crippen molar-refractivity contribution >= 4 is 41.2 Å². The van der Waals surface area contributed by atoms with Gasteiger partial charge in [0.2, 0.25) is 12.3 Å². The number of nitrogens with one attached hydrogen (secondary N) is 1. The van der Waals surface area contributed by atoms with Crippen LogP contribution in [-0.2, 0) is 9.59 Å². The van der Waals surface area contributed by atoms with Gasteiger partial charge < -0.3 is 10.2 Å². The van der Waals surface area contributed by atoms with Gasteiger partial charge in [0.25, 0.3) is 0 Å². The average Bonchev–Trinajstić information content (AvgIpc) is 2.38. The van der Waals surface area contributed by atoms with Crippen molar-refractivity contribution < 1.29 is 9.59 Å². The predicted molar refractivity (Wildman–Crippen MR) is 79.2 cm³/mol. The molecule has 0 bridgehead atoms. The topological polar surface area (TPSA) is 52.7 Å². The van der Waals surface area contributed by atoms with Gasteiger partial charge in [0.15, 0.2) is 0 Å². The van der Waals surface area contributed by atoms with Gasteiger partial charge in [-0.1, -0.05) is 23.2 Å². The summed E-state index contributed by atoms with van der Waals surface area (Å²) < 4.78 is 0. The molecular weight excluding hydrogens is 301 g/mol. The third kappa shape index (κ3) is 4.37. The van der Waals surface area contributed by atoms with Crippen molar-refractivity contribution in [3.05, 3.63) is 28.2 Å². The minimum atomic E-state index is -0.122. The number of halogens is 2. The number of hydrogen-bond donors (Lipinski definition) is 1. The van der Waals surface area contributed by atoms with Gasteiger partial charge in [-0.2, -0.15) is 0 Å². The second-order valence-electron chi connectivity index (χ2n) is 4.62. The van der Waals surface area contributed by atoms with E-state index in [0.717, 1.165) is 6.41 Å². The SMILES string of the molecule is O=CN1CCN(CC(=O)Nc2cc(Cl)cc(Cl)c2)CC1. The Kier molecular flexibility index (Phi) is 5.23. The molecule has 0 spiro atoms. The highest BCUT2D eigenvalue weighted by atomic mass is 35.5. The van der Waals surface area contributed by atoms with Crippen LogP contribution in [-0.4, -0.2) is 54.8 Å². The van der Waals surface area contributed by atoms with Crippen LogP contribution in [0.15, 0.2) is 18.2 Å². The fourth-order valence-electron chi connectivity index (χ4n) is 2.06. The molecule has 0 atom stereocenters. The van der Waals surface area contributed by atoms with Crippen LogP contribution in [0.4, 0.5) is 5.69 Å². The largest absolute Gasteiger partial charge is 0.343 e. The van der Waals surface area contributed by atoms with E-state index in [0.29, 0.717) is 41.9 Å². The van der Waals surface area contributed by atoms with Crippen LogP contribution in [0.1, 0.15) is 0 Å². The van der Waals surface area contributed by atoms with E-state index in [1.165, 1.54) is 0 Å². The third-order valence-corrected chi connectivity index (χ3v) is 3.51. The molecular formula is C13H15Cl2N3O2. The summed E-state index contributed by atoms with van der Waals surface area (Å²) in [7, 11) is 0. The van der Waals surface area contributed by atoms with E-state index in [4.69, 9.17) is 23.2 Å². The molecule has 1 fully saturated rings. The fraction of sp³-hybridized carbons (Fsp3) is 0.385. The molecule has 1 aromatic carbocycles. The number of anilines is 1. The van der Waals surface area contributed by atoms with E-state index in [1.807, 2.05) is 4.90 Å². The Labute approximate surface area is 127 Å². The molecule has 0 aromatic heterocycles. The summed E-state index contributed by atoms with van der Waals surface area (Å²) in [6, 6.07) is 4.91. The van der Waals surface area contributed by atoms with Crippen LogP contribution in [0.3, 0.4) is 0 Å². The summed E-state index contributed by atoms with van der Waals surface area (Å²) >= 11 is 11.7. The second-order valence-corrected chi connectivity index (χ2v) is 5.50. The molecule has 1 heterocycles. The first-order chi connectivity index (χ1) is 9.56. The molecule has 1 aliphatic rings. The first-order valence-corrected chi connectivity index (χ1v) is 7.00. The number of carbonyl (C=O) groups is 2. The summed E-state index contributed by atoms with van der Waals surface area (Å²) in [6.45, 7) is 2.99. The summed E-state index contributed by atoms with van der Waals surface area (Å²) in [4.78, 5) is 26.2. The number of hydrogen-bond acceptors (Lipinski definition) is 3. The van der Waals surface area contributed by atoms with Crippen LogP contribution in [0.25, 0.3) is 0 Å². The van der Waals surface area contributed by atoms with Crippen molar-refractivity contribution in [2.75, 3.05) is 38.0 Å². The van der Waals surface area contributed by atoms with Crippen molar-refractivity contribution in [2.24, 2.45) is 0 Å². The molecule has 0 aliphatic carbocycles. The Bertz CT molecular complexity index is 482. The number of piperazine rings is 1. The van der Waals surface area contributed by atoms with Crippen LogP contribution in [0.2, 0.25) is 10.0 Å². The lowest BCUT2D eigenvalue weighted by atomic mass is 10.3. The minimum absolute atomic E-state index is 0.122. The summed E-state index contributed by atoms with van der Waals surface area (Å²) in [5, 5.41) is 3.72. The average molecular weight is 316 g/mol. The molecule has 0 unspecified atom stereocenters. The number of rotatable bonds is 4. The molecule has 1 N–H and O–H groups in total. The fourth-order valence-corrected chi connectivity index (χ4v) is 2.58. The maximum Gasteiger partial charge on any atom is 0.238 e. The number of carbonyl (C=O) groups excluding carboxylic acids is 2. The monoisotopic (exact) mass is 315 g/mol. The Morgan fingerprint density at radius 2 is 1.75 bits per heavy atom. The van der Waals surface area contributed by atoms with E-state index < -0.39 is 0 Å². The Morgan fingerprint density at radius 1 is 1.15 bits per heavy atom. The molecule has 1 aliphatic heterocycles. The first kappa shape index (κ1) is 15.1. The summed E-state index contributed by atoms with van der Waals surface area (Å²) in [6.07, 6.45) is 0.839. The highest BCUT2D eigenvalue weighted by Crippen LogP contribution is 2.22. The zero-order valence-corrected chi connectivity index (χ0v) is 12.3. The lowest BCUT2D eigenvalue weighted by Crippen LogP contribution is -2.48. The third-order valence-electron chi connectivity index (χ3n) is 3.07. The van der Waals surface area contributed by atoms with Crippen LogP contribution in [0.5, 0.6) is 0 Å².